The molecule has 0 aliphatic heterocycles. The van der Waals surface area contributed by atoms with Gasteiger partial charge >= 0.3 is 0 Å². The predicted molar refractivity (Wildman–Crippen MR) is 185 cm³/mol. The van der Waals surface area contributed by atoms with E-state index in [2.05, 4.69) is 75.4 Å². The topological polar surface area (TPSA) is 63.3 Å². The van der Waals surface area contributed by atoms with Crippen molar-refractivity contribution < 1.29 is 34.4 Å². The maximum absolute atomic E-state index is 12.2. The van der Waals surface area contributed by atoms with Crippen LogP contribution in [0.25, 0.3) is 44.0 Å². The van der Waals surface area contributed by atoms with Crippen LogP contribution in [0.1, 0.15) is 98.1 Å². The first-order chi connectivity index (χ1) is 20.9. The molecule has 0 bridgehead atoms. The van der Waals surface area contributed by atoms with Crippen molar-refractivity contribution in [2.45, 2.75) is 93.9 Å². The van der Waals surface area contributed by atoms with E-state index in [4.69, 9.17) is 9.40 Å². The number of aryl methyl sites for hydroxylation is 1. The minimum atomic E-state index is -0.337. The molecule has 0 aliphatic rings. The molecule has 5 heteroatoms. The minimum Gasteiger partial charge on any atom is -0.512 e. The fourth-order valence-electron chi connectivity index (χ4n) is 5.46. The number of allylic oxidation sites excluding steroid dienone is 2. The summed E-state index contributed by atoms with van der Waals surface area (Å²) < 4.78 is 6.26. The molecule has 5 rings (SSSR count). The number of nitrogens with zero attached hydrogens (tertiary/aromatic N) is 1. The summed E-state index contributed by atoms with van der Waals surface area (Å²) >= 11 is 0. The third-order valence-electron chi connectivity index (χ3n) is 9.88. The normalized spacial score (nSPS) is 12.4. The molecule has 45 heavy (non-hydrogen) atoms. The van der Waals surface area contributed by atoms with Gasteiger partial charge in [0.25, 0.3) is 0 Å². The molecule has 0 unspecified atom stereocenters. The quantitative estimate of drug-likeness (QED) is 0.0919. The Kier molecular flexibility index (Phi) is 12.0. The third-order valence-corrected chi connectivity index (χ3v) is 9.88. The van der Waals surface area contributed by atoms with Gasteiger partial charge in [0, 0.05) is 48.6 Å². The molecule has 0 saturated carbocycles. The molecule has 1 N–H and O–H groups in total. The van der Waals surface area contributed by atoms with Gasteiger partial charge in [-0.05, 0) is 78.3 Å². The van der Waals surface area contributed by atoms with Crippen LogP contribution in [-0.4, -0.2) is 15.9 Å². The zero-order valence-electron chi connectivity index (χ0n) is 28.3. The standard InChI is InChI=1S/C25H20NO.C15H28O2.Ir/c1-15(2)17-8-10-19-18(14-17)11-12-26-24(19)22-6-4-5-21-20-9-7-16(3)13-23(20)27-25(21)22;1-7-14(5,8-2)12(16)11-13(17)15(6,9-3)10-4;/h4-5,7-15H,1-3H3;11,16H,7-10H2,1-6H3;/q-1;;/b;12-11-;. The number of hydrogen-bond acceptors (Lipinski definition) is 4. The molecule has 2 heterocycles. The number of aliphatic hydroxyl groups is 1. The van der Waals surface area contributed by atoms with Crippen LogP contribution in [0, 0.1) is 23.8 Å². The van der Waals surface area contributed by atoms with E-state index < -0.39 is 0 Å². The fraction of sp³-hybridized carbons (Fsp3) is 0.400. The van der Waals surface area contributed by atoms with E-state index in [0.717, 1.165) is 64.3 Å². The Hall–Kier alpha value is -3.27. The maximum atomic E-state index is 12.2. The molecule has 0 spiro atoms. The Balaban J connectivity index is 0.000000270. The molecule has 0 amide bonds. The molecule has 0 saturated heterocycles. The van der Waals surface area contributed by atoms with Gasteiger partial charge in [-0.1, -0.05) is 96.7 Å². The number of aliphatic hydroxyl groups excluding tert-OH is 1. The van der Waals surface area contributed by atoms with Gasteiger partial charge in [-0.3, -0.25) is 4.79 Å². The third kappa shape index (κ3) is 7.42. The van der Waals surface area contributed by atoms with Crippen LogP contribution < -0.4 is 0 Å². The number of fused-ring (bicyclic) bond motifs is 4. The Labute approximate surface area is 282 Å². The number of pyridine rings is 1. The molecule has 4 nitrogen and oxygen atoms in total. The second kappa shape index (κ2) is 14.9. The number of hydrogen-bond donors (Lipinski definition) is 1. The zero-order chi connectivity index (χ0) is 32.2. The van der Waals surface area contributed by atoms with Crippen LogP contribution in [0.2, 0.25) is 0 Å². The summed E-state index contributed by atoms with van der Waals surface area (Å²) in [5.41, 5.74) is 5.53. The molecule has 0 atom stereocenters. The molecule has 0 aliphatic carbocycles. The summed E-state index contributed by atoms with van der Waals surface area (Å²) in [6, 6.07) is 22.5. The van der Waals surface area contributed by atoms with E-state index in [0.29, 0.717) is 5.92 Å². The van der Waals surface area contributed by atoms with Gasteiger partial charge in [0.15, 0.2) is 5.78 Å². The molecular weight excluding hydrogens is 735 g/mol. The van der Waals surface area contributed by atoms with E-state index in [1.54, 1.807) is 0 Å². The number of furan rings is 1. The van der Waals surface area contributed by atoms with Gasteiger partial charge in [0.1, 0.15) is 11.3 Å². The van der Waals surface area contributed by atoms with E-state index >= 15 is 0 Å². The summed E-state index contributed by atoms with van der Waals surface area (Å²) in [4.78, 5) is 16.9. The van der Waals surface area contributed by atoms with Crippen molar-refractivity contribution in [3.8, 4) is 11.3 Å². The monoisotopic (exact) mass is 783 g/mol. The van der Waals surface area contributed by atoms with Crippen molar-refractivity contribution in [2.24, 2.45) is 10.8 Å². The van der Waals surface area contributed by atoms with Crippen LogP contribution in [0.15, 0.2) is 77.0 Å². The van der Waals surface area contributed by atoms with Crippen LogP contribution in [0.3, 0.4) is 0 Å². The van der Waals surface area contributed by atoms with Crippen LogP contribution in [0.4, 0.5) is 0 Å². The average molecular weight is 783 g/mol. The fourth-order valence-corrected chi connectivity index (χ4v) is 5.46. The second-order valence-electron chi connectivity index (χ2n) is 12.9. The van der Waals surface area contributed by atoms with Crippen molar-refractivity contribution in [3.63, 3.8) is 0 Å². The second-order valence-corrected chi connectivity index (χ2v) is 12.9. The number of carbonyl (C=O) groups is 1. The Morgan fingerprint density at radius 2 is 1.56 bits per heavy atom. The van der Waals surface area contributed by atoms with Crippen molar-refractivity contribution in [1.82, 2.24) is 4.98 Å². The van der Waals surface area contributed by atoms with Gasteiger partial charge in [-0.2, -0.15) is 0 Å². The largest absolute Gasteiger partial charge is 0.512 e. The minimum absolute atomic E-state index is 0. The molecule has 3 aromatic carbocycles. The number of rotatable bonds is 9. The van der Waals surface area contributed by atoms with Gasteiger partial charge < -0.3 is 14.5 Å². The van der Waals surface area contributed by atoms with E-state index in [9.17, 15) is 9.90 Å². The Morgan fingerprint density at radius 1 is 0.911 bits per heavy atom. The van der Waals surface area contributed by atoms with Crippen molar-refractivity contribution in [2.75, 3.05) is 0 Å². The summed E-state index contributed by atoms with van der Waals surface area (Å²) in [5.74, 6) is 0.786. The maximum Gasteiger partial charge on any atom is 0.164 e. The van der Waals surface area contributed by atoms with Crippen LogP contribution in [0.5, 0.6) is 0 Å². The number of benzene rings is 3. The van der Waals surface area contributed by atoms with Crippen molar-refractivity contribution in [1.29, 1.82) is 0 Å². The Morgan fingerprint density at radius 3 is 2.18 bits per heavy atom. The number of carbonyl (C=O) groups excluding carboxylic acids is 1. The molecular formula is C40H48IrNO3-. The molecule has 5 aromatic rings. The molecule has 241 valence electrons. The van der Waals surface area contributed by atoms with Gasteiger partial charge in [0.2, 0.25) is 0 Å². The first kappa shape index (κ1) is 36.2. The van der Waals surface area contributed by atoms with Gasteiger partial charge in [-0.15, -0.1) is 18.2 Å². The van der Waals surface area contributed by atoms with E-state index in [1.165, 1.54) is 22.6 Å². The SMILES string of the molecule is CCC(C)(CC)C(=O)/C=C(\O)C(C)(CC)CC.Cc1ccc2c(c1)oc1c(-c3nccc4cc(C(C)C)ccc34)[c-]ccc12.[Ir]. The molecule has 1 radical (unpaired) electrons. The van der Waals surface area contributed by atoms with Crippen LogP contribution >= 0.6 is 0 Å². The van der Waals surface area contributed by atoms with E-state index in [1.807, 2.05) is 53.8 Å². The van der Waals surface area contributed by atoms with Gasteiger partial charge in [-0.25, -0.2) is 0 Å². The number of ketones is 1. The van der Waals surface area contributed by atoms with Crippen molar-refractivity contribution >= 4 is 38.5 Å². The van der Waals surface area contributed by atoms with Crippen LogP contribution in [-0.2, 0) is 24.9 Å². The average Bonchev–Trinajstić information content (AvgIpc) is 3.41. The molecule has 2 aromatic heterocycles. The molecule has 0 fully saturated rings. The summed E-state index contributed by atoms with van der Waals surface area (Å²) in [7, 11) is 0. The first-order valence-corrected chi connectivity index (χ1v) is 16.1. The zero-order valence-corrected chi connectivity index (χ0v) is 30.7. The smallest absolute Gasteiger partial charge is 0.164 e. The predicted octanol–water partition coefficient (Wildman–Crippen LogP) is 11.7. The first-order valence-electron chi connectivity index (χ1n) is 16.1. The number of aromatic nitrogens is 1. The van der Waals surface area contributed by atoms with Crippen molar-refractivity contribution in [3.05, 3.63) is 89.8 Å². The van der Waals surface area contributed by atoms with E-state index in [-0.39, 0.29) is 42.5 Å². The summed E-state index contributed by atoms with van der Waals surface area (Å²) in [6.45, 7) is 18.6. The van der Waals surface area contributed by atoms with Gasteiger partial charge in [0.05, 0.1) is 5.58 Å². The summed E-state index contributed by atoms with van der Waals surface area (Å²) in [5, 5.41) is 14.7. The Bertz CT molecular complexity index is 1810. The summed E-state index contributed by atoms with van der Waals surface area (Å²) in [6.07, 6.45) is 6.63.